The Bertz CT molecular complexity index is 1070. The van der Waals surface area contributed by atoms with Gasteiger partial charge in [-0.3, -0.25) is 10.4 Å². The van der Waals surface area contributed by atoms with E-state index in [9.17, 15) is 0 Å². The zero-order chi connectivity index (χ0) is 17.4. The molecule has 0 saturated carbocycles. The van der Waals surface area contributed by atoms with Gasteiger partial charge in [-0.2, -0.15) is 0 Å². The summed E-state index contributed by atoms with van der Waals surface area (Å²) in [6.07, 6.45) is 6.94. The number of pyridine rings is 1. The maximum absolute atomic E-state index is 8.66. The summed E-state index contributed by atoms with van der Waals surface area (Å²) in [6, 6.07) is 7.75. The van der Waals surface area contributed by atoms with Crippen molar-refractivity contribution in [1.29, 1.82) is 5.41 Å². The van der Waals surface area contributed by atoms with Crippen molar-refractivity contribution in [2.75, 3.05) is 0 Å². The van der Waals surface area contributed by atoms with Crippen LogP contribution in [0.15, 0.2) is 53.7 Å². The zero-order valence-corrected chi connectivity index (χ0v) is 14.2. The first-order valence-electron chi connectivity index (χ1n) is 8.16. The first-order valence-corrected chi connectivity index (χ1v) is 8.16. The maximum Gasteiger partial charge on any atom is 0.146 e. The van der Waals surface area contributed by atoms with Crippen molar-refractivity contribution < 1.29 is 4.42 Å². The van der Waals surface area contributed by atoms with Crippen LogP contribution in [0.2, 0.25) is 0 Å². The summed E-state index contributed by atoms with van der Waals surface area (Å²) in [6.45, 7) is 5.33. The lowest BCUT2D eigenvalue weighted by Crippen LogP contribution is -2.22. The van der Waals surface area contributed by atoms with E-state index < -0.39 is 0 Å². The third-order valence-corrected chi connectivity index (χ3v) is 4.64. The average molecular weight is 333 g/mol. The molecule has 0 aliphatic carbocycles. The van der Waals surface area contributed by atoms with E-state index in [0.29, 0.717) is 18.6 Å². The molecule has 25 heavy (non-hydrogen) atoms. The highest BCUT2D eigenvalue weighted by Gasteiger charge is 2.16. The van der Waals surface area contributed by atoms with Gasteiger partial charge in [0.05, 0.1) is 31.1 Å². The predicted octanol–water partition coefficient (Wildman–Crippen LogP) is 3.02. The van der Waals surface area contributed by atoms with E-state index in [4.69, 9.17) is 9.83 Å². The SMILES string of the molecule is Cc1c(C)n(Cc2ccco2)c2ncn(Cc3ccncc3)c(=N)c12. The summed E-state index contributed by atoms with van der Waals surface area (Å²) >= 11 is 0. The number of fused-ring (bicyclic) bond motifs is 1. The molecule has 126 valence electrons. The molecule has 4 heterocycles. The van der Waals surface area contributed by atoms with Crippen LogP contribution in [0.1, 0.15) is 22.6 Å². The van der Waals surface area contributed by atoms with Crippen LogP contribution in [0.25, 0.3) is 11.0 Å². The fourth-order valence-electron chi connectivity index (χ4n) is 3.14. The highest BCUT2D eigenvalue weighted by atomic mass is 16.3. The molecule has 0 aromatic carbocycles. The first kappa shape index (κ1) is 15.4. The molecule has 0 aliphatic heterocycles. The minimum atomic E-state index is 0.473. The van der Waals surface area contributed by atoms with Crippen LogP contribution in [-0.2, 0) is 13.1 Å². The molecule has 0 unspecified atom stereocenters. The summed E-state index contributed by atoms with van der Waals surface area (Å²) in [5.74, 6) is 0.877. The average Bonchev–Trinajstić information content (AvgIpc) is 3.22. The summed E-state index contributed by atoms with van der Waals surface area (Å²) in [4.78, 5) is 8.69. The van der Waals surface area contributed by atoms with E-state index in [-0.39, 0.29) is 0 Å². The zero-order valence-electron chi connectivity index (χ0n) is 14.2. The third kappa shape index (κ3) is 2.65. The number of nitrogens with zero attached hydrogens (tertiary/aromatic N) is 4. The van der Waals surface area contributed by atoms with Gasteiger partial charge in [-0.25, -0.2) is 4.98 Å². The predicted molar refractivity (Wildman–Crippen MR) is 94.2 cm³/mol. The van der Waals surface area contributed by atoms with E-state index in [1.165, 1.54) is 0 Å². The lowest BCUT2D eigenvalue weighted by molar-refractivity contribution is 0.494. The number of rotatable bonds is 4. The molecule has 0 amide bonds. The van der Waals surface area contributed by atoms with Crippen LogP contribution >= 0.6 is 0 Å². The number of aryl methyl sites for hydroxylation is 1. The first-order chi connectivity index (χ1) is 12.1. The lowest BCUT2D eigenvalue weighted by Gasteiger charge is -2.09. The van der Waals surface area contributed by atoms with Crippen molar-refractivity contribution in [1.82, 2.24) is 19.1 Å². The molecule has 0 spiro atoms. The van der Waals surface area contributed by atoms with Gasteiger partial charge in [-0.15, -0.1) is 0 Å². The van der Waals surface area contributed by atoms with Crippen molar-refractivity contribution in [3.05, 3.63) is 77.3 Å². The molecule has 0 bridgehead atoms. The van der Waals surface area contributed by atoms with Crippen LogP contribution < -0.4 is 5.49 Å². The van der Waals surface area contributed by atoms with Gasteiger partial charge >= 0.3 is 0 Å². The van der Waals surface area contributed by atoms with E-state index in [2.05, 4.69) is 21.5 Å². The smallest absolute Gasteiger partial charge is 0.146 e. The monoisotopic (exact) mass is 333 g/mol. The van der Waals surface area contributed by atoms with Gasteiger partial charge in [0, 0.05) is 18.1 Å². The Morgan fingerprint density at radius 2 is 1.92 bits per heavy atom. The molecular weight excluding hydrogens is 314 g/mol. The molecule has 6 nitrogen and oxygen atoms in total. The molecule has 0 radical (unpaired) electrons. The van der Waals surface area contributed by atoms with Crippen LogP contribution in [0, 0.1) is 19.3 Å². The van der Waals surface area contributed by atoms with Gasteiger partial charge in [-0.1, -0.05) is 0 Å². The van der Waals surface area contributed by atoms with E-state index in [1.807, 2.05) is 35.8 Å². The largest absolute Gasteiger partial charge is 0.467 e. The van der Waals surface area contributed by atoms with Crippen LogP contribution in [0.5, 0.6) is 0 Å². The number of hydrogen-bond acceptors (Lipinski definition) is 4. The Morgan fingerprint density at radius 3 is 2.64 bits per heavy atom. The lowest BCUT2D eigenvalue weighted by atomic mass is 10.2. The molecule has 4 aromatic rings. The van der Waals surface area contributed by atoms with Gasteiger partial charge < -0.3 is 13.6 Å². The summed E-state index contributed by atoms with van der Waals surface area (Å²) < 4.78 is 9.45. The van der Waals surface area contributed by atoms with Gasteiger partial charge in [0.15, 0.2) is 0 Å². The second-order valence-electron chi connectivity index (χ2n) is 6.15. The third-order valence-electron chi connectivity index (χ3n) is 4.64. The van der Waals surface area contributed by atoms with E-state index in [0.717, 1.165) is 33.6 Å². The maximum atomic E-state index is 8.66. The fraction of sp³-hybridized carbons (Fsp3) is 0.211. The number of aromatic nitrogens is 4. The Morgan fingerprint density at radius 1 is 1.12 bits per heavy atom. The Kier molecular flexibility index (Phi) is 3.72. The Hall–Kier alpha value is -3.15. The second-order valence-corrected chi connectivity index (χ2v) is 6.15. The highest BCUT2D eigenvalue weighted by Crippen LogP contribution is 2.22. The van der Waals surface area contributed by atoms with E-state index in [1.54, 1.807) is 25.0 Å². The van der Waals surface area contributed by atoms with E-state index >= 15 is 0 Å². The van der Waals surface area contributed by atoms with Crippen LogP contribution in [-0.4, -0.2) is 19.1 Å². The molecule has 0 atom stereocenters. The van der Waals surface area contributed by atoms with Gasteiger partial charge in [0.25, 0.3) is 0 Å². The van der Waals surface area contributed by atoms with Crippen molar-refractivity contribution in [3.8, 4) is 0 Å². The normalized spacial score (nSPS) is 11.3. The Balaban J connectivity index is 1.82. The van der Waals surface area contributed by atoms with Crippen molar-refractivity contribution in [3.63, 3.8) is 0 Å². The quantitative estimate of drug-likeness (QED) is 0.624. The minimum Gasteiger partial charge on any atom is -0.467 e. The van der Waals surface area contributed by atoms with Gasteiger partial charge in [-0.05, 0) is 49.2 Å². The molecule has 4 rings (SSSR count). The van der Waals surface area contributed by atoms with Crippen molar-refractivity contribution in [2.45, 2.75) is 26.9 Å². The molecular formula is C19H19N5O. The van der Waals surface area contributed by atoms with Crippen LogP contribution in [0.4, 0.5) is 0 Å². The van der Waals surface area contributed by atoms with Crippen molar-refractivity contribution >= 4 is 11.0 Å². The Labute approximate surface area is 144 Å². The molecule has 1 N–H and O–H groups in total. The summed E-state index contributed by atoms with van der Waals surface area (Å²) in [5, 5.41) is 9.55. The van der Waals surface area contributed by atoms with Crippen LogP contribution in [0.3, 0.4) is 0 Å². The summed E-state index contributed by atoms with van der Waals surface area (Å²) in [5.41, 5.74) is 4.58. The minimum absolute atomic E-state index is 0.473. The van der Waals surface area contributed by atoms with Gasteiger partial charge in [0.2, 0.25) is 0 Å². The number of nitrogens with one attached hydrogen (secondary N) is 1. The number of hydrogen-bond donors (Lipinski definition) is 1. The molecule has 0 aliphatic rings. The second kappa shape index (κ2) is 6.05. The molecule has 0 saturated heterocycles. The topological polar surface area (TPSA) is 72.6 Å². The molecule has 6 heteroatoms. The van der Waals surface area contributed by atoms with Crippen molar-refractivity contribution in [2.24, 2.45) is 0 Å². The van der Waals surface area contributed by atoms with Gasteiger partial charge in [0.1, 0.15) is 16.9 Å². The molecule has 4 aromatic heterocycles. The standard InChI is InChI=1S/C19H19N5O/c1-13-14(2)24(11-16-4-3-9-25-16)19-17(13)18(20)23(12-22-19)10-15-5-7-21-8-6-15/h3-9,12,20H,10-11H2,1-2H3. The molecule has 0 fully saturated rings. The summed E-state index contributed by atoms with van der Waals surface area (Å²) in [7, 11) is 0. The fourth-order valence-corrected chi connectivity index (χ4v) is 3.14. The number of furan rings is 1. The highest BCUT2D eigenvalue weighted by molar-refractivity contribution is 5.80.